The van der Waals surface area contributed by atoms with Gasteiger partial charge in [-0.25, -0.2) is 4.79 Å². The number of aliphatic carboxylic acids is 1. The molecular weight excluding hydrogens is 298 g/mol. The van der Waals surface area contributed by atoms with Gasteiger partial charge in [-0.2, -0.15) is 0 Å². The molecule has 0 unspecified atom stereocenters. The highest BCUT2D eigenvalue weighted by Crippen LogP contribution is 2.19. The first-order valence-corrected chi connectivity index (χ1v) is 7.00. The number of aromatic amines is 1. The molecule has 0 aliphatic heterocycles. The van der Waals surface area contributed by atoms with Crippen molar-refractivity contribution < 1.29 is 14.7 Å². The van der Waals surface area contributed by atoms with Gasteiger partial charge in [0.15, 0.2) is 5.96 Å². The van der Waals surface area contributed by atoms with Crippen LogP contribution in [-0.2, 0) is 16.0 Å². The first-order chi connectivity index (χ1) is 10.9. The summed E-state index contributed by atoms with van der Waals surface area (Å²) in [6.45, 7) is -0.174. The van der Waals surface area contributed by atoms with E-state index in [1.807, 2.05) is 24.3 Å². The second-order valence-corrected chi connectivity index (χ2v) is 5.26. The van der Waals surface area contributed by atoms with E-state index in [0.717, 1.165) is 16.5 Å². The van der Waals surface area contributed by atoms with E-state index in [1.165, 1.54) is 11.9 Å². The van der Waals surface area contributed by atoms with E-state index in [1.54, 1.807) is 6.20 Å². The number of amides is 1. The summed E-state index contributed by atoms with van der Waals surface area (Å²) in [6, 6.07) is 6.49. The predicted molar refractivity (Wildman–Crippen MR) is 86.1 cm³/mol. The Balaban J connectivity index is 2.09. The minimum atomic E-state index is -1.12. The number of carboxylic acids is 1. The first kappa shape index (κ1) is 16.3. The van der Waals surface area contributed by atoms with Crippen LogP contribution < -0.4 is 11.1 Å². The monoisotopic (exact) mass is 317 g/mol. The lowest BCUT2D eigenvalue weighted by Crippen LogP contribution is -2.47. The van der Waals surface area contributed by atoms with Gasteiger partial charge in [0.1, 0.15) is 6.04 Å². The van der Waals surface area contributed by atoms with Gasteiger partial charge < -0.3 is 26.0 Å². The number of nitrogens with one attached hydrogen (secondary N) is 3. The maximum Gasteiger partial charge on any atom is 0.326 e. The molecule has 8 heteroatoms. The standard InChI is InChI=1S/C15H19N5O3/c1-20(15(16)17)8-13(21)19-12(14(22)23)6-9-7-18-11-5-3-2-4-10(9)11/h2-5,7,12,18H,6,8H2,1H3,(H3,16,17)(H,19,21)(H,22,23)/t12-/m0/s1. The third kappa shape index (κ3) is 4.00. The lowest BCUT2D eigenvalue weighted by molar-refractivity contribution is -0.141. The number of fused-ring (bicyclic) bond motifs is 1. The van der Waals surface area contributed by atoms with E-state index < -0.39 is 17.9 Å². The molecule has 1 atom stereocenters. The summed E-state index contributed by atoms with van der Waals surface area (Å²) in [5.41, 5.74) is 6.98. The summed E-state index contributed by atoms with van der Waals surface area (Å²) >= 11 is 0. The summed E-state index contributed by atoms with van der Waals surface area (Å²) in [4.78, 5) is 27.6. The maximum absolute atomic E-state index is 11.9. The highest BCUT2D eigenvalue weighted by Gasteiger charge is 2.22. The number of para-hydroxylation sites is 1. The molecule has 0 radical (unpaired) electrons. The Kier molecular flexibility index (Phi) is 4.85. The first-order valence-electron chi connectivity index (χ1n) is 7.00. The Morgan fingerprint density at radius 1 is 1.43 bits per heavy atom. The molecule has 0 bridgehead atoms. The van der Waals surface area contributed by atoms with E-state index in [2.05, 4.69) is 10.3 Å². The smallest absolute Gasteiger partial charge is 0.326 e. The average Bonchev–Trinajstić information content (AvgIpc) is 2.89. The quantitative estimate of drug-likeness (QED) is 0.380. The van der Waals surface area contributed by atoms with Crippen LogP contribution in [0.25, 0.3) is 10.9 Å². The van der Waals surface area contributed by atoms with Gasteiger partial charge >= 0.3 is 5.97 Å². The maximum atomic E-state index is 11.9. The van der Waals surface area contributed by atoms with Gasteiger partial charge in [-0.15, -0.1) is 0 Å². The molecule has 0 spiro atoms. The van der Waals surface area contributed by atoms with Crippen molar-refractivity contribution in [3.05, 3.63) is 36.0 Å². The van der Waals surface area contributed by atoms with E-state index in [4.69, 9.17) is 11.1 Å². The van der Waals surface area contributed by atoms with Crippen LogP contribution in [0.4, 0.5) is 0 Å². The molecular formula is C15H19N5O3. The van der Waals surface area contributed by atoms with Crippen LogP contribution in [0.1, 0.15) is 5.56 Å². The molecule has 0 fully saturated rings. The Morgan fingerprint density at radius 3 is 2.78 bits per heavy atom. The zero-order chi connectivity index (χ0) is 17.0. The highest BCUT2D eigenvalue weighted by atomic mass is 16.4. The molecule has 122 valence electrons. The molecule has 1 aromatic heterocycles. The van der Waals surface area contributed by atoms with Crippen LogP contribution in [0.15, 0.2) is 30.5 Å². The fraction of sp³-hybridized carbons (Fsp3) is 0.267. The van der Waals surface area contributed by atoms with Crippen LogP contribution in [0, 0.1) is 5.41 Å². The van der Waals surface area contributed by atoms with E-state index in [9.17, 15) is 14.7 Å². The van der Waals surface area contributed by atoms with Crippen LogP contribution in [-0.4, -0.2) is 52.5 Å². The number of nitrogens with two attached hydrogens (primary N) is 1. The van der Waals surface area contributed by atoms with Crippen LogP contribution >= 0.6 is 0 Å². The van der Waals surface area contributed by atoms with Gasteiger partial charge in [-0.05, 0) is 11.6 Å². The molecule has 1 amide bonds. The molecule has 1 aromatic carbocycles. The van der Waals surface area contributed by atoms with Gasteiger partial charge in [0, 0.05) is 30.6 Å². The van der Waals surface area contributed by atoms with Gasteiger partial charge in [-0.3, -0.25) is 10.2 Å². The zero-order valence-electron chi connectivity index (χ0n) is 12.7. The lowest BCUT2D eigenvalue weighted by atomic mass is 10.0. The second kappa shape index (κ2) is 6.82. The number of nitrogens with zero attached hydrogens (tertiary/aromatic N) is 1. The summed E-state index contributed by atoms with van der Waals surface area (Å²) < 4.78 is 0. The van der Waals surface area contributed by atoms with Crippen molar-refractivity contribution in [3.8, 4) is 0 Å². The van der Waals surface area contributed by atoms with Gasteiger partial charge in [-0.1, -0.05) is 18.2 Å². The van der Waals surface area contributed by atoms with Gasteiger partial charge in [0.05, 0.1) is 6.54 Å². The number of hydrogen-bond acceptors (Lipinski definition) is 3. The molecule has 0 aliphatic carbocycles. The van der Waals surface area contributed by atoms with Gasteiger partial charge in [0.2, 0.25) is 5.91 Å². The number of rotatable bonds is 6. The molecule has 0 aliphatic rings. The highest BCUT2D eigenvalue weighted by molar-refractivity contribution is 5.88. The van der Waals surface area contributed by atoms with Crippen molar-refractivity contribution in [1.82, 2.24) is 15.2 Å². The lowest BCUT2D eigenvalue weighted by Gasteiger charge is -2.19. The Hall–Kier alpha value is -3.03. The normalized spacial score (nSPS) is 11.9. The summed E-state index contributed by atoms with van der Waals surface area (Å²) in [6.07, 6.45) is 1.91. The molecule has 1 heterocycles. The molecule has 2 aromatic rings. The van der Waals surface area contributed by atoms with Crippen molar-refractivity contribution in [3.63, 3.8) is 0 Å². The van der Waals surface area contributed by atoms with Crippen molar-refractivity contribution >= 4 is 28.7 Å². The van der Waals surface area contributed by atoms with Crippen LogP contribution in [0.2, 0.25) is 0 Å². The summed E-state index contributed by atoms with van der Waals surface area (Å²) in [5, 5.41) is 19.9. The summed E-state index contributed by atoms with van der Waals surface area (Å²) in [7, 11) is 1.48. The Morgan fingerprint density at radius 2 is 2.13 bits per heavy atom. The third-order valence-corrected chi connectivity index (χ3v) is 3.52. The van der Waals surface area contributed by atoms with Crippen molar-refractivity contribution in [2.24, 2.45) is 5.73 Å². The number of carbonyl (C=O) groups excluding carboxylic acids is 1. The molecule has 8 nitrogen and oxygen atoms in total. The number of guanidine groups is 1. The number of benzene rings is 1. The van der Waals surface area contributed by atoms with E-state index in [-0.39, 0.29) is 18.9 Å². The van der Waals surface area contributed by atoms with Gasteiger partial charge in [0.25, 0.3) is 0 Å². The molecule has 0 saturated carbocycles. The average molecular weight is 317 g/mol. The van der Waals surface area contributed by atoms with Crippen molar-refractivity contribution in [2.75, 3.05) is 13.6 Å². The number of aromatic nitrogens is 1. The number of likely N-dealkylation sites (N-methyl/N-ethyl adjacent to an activating group) is 1. The zero-order valence-corrected chi connectivity index (χ0v) is 12.7. The predicted octanol–water partition coefficient (Wildman–Crippen LogP) is 0.105. The fourth-order valence-electron chi connectivity index (χ4n) is 2.26. The van der Waals surface area contributed by atoms with E-state index >= 15 is 0 Å². The molecule has 0 saturated heterocycles. The van der Waals surface area contributed by atoms with Crippen LogP contribution in [0.5, 0.6) is 0 Å². The molecule has 23 heavy (non-hydrogen) atoms. The van der Waals surface area contributed by atoms with Crippen molar-refractivity contribution in [1.29, 1.82) is 5.41 Å². The van der Waals surface area contributed by atoms with Crippen molar-refractivity contribution in [2.45, 2.75) is 12.5 Å². The van der Waals surface area contributed by atoms with E-state index in [0.29, 0.717) is 0 Å². The minimum absolute atomic E-state index is 0.162. The largest absolute Gasteiger partial charge is 0.480 e. The molecule has 6 N–H and O–H groups in total. The number of carbonyl (C=O) groups is 2. The summed E-state index contributed by atoms with van der Waals surface area (Å²) in [5.74, 6) is -1.88. The number of hydrogen-bond donors (Lipinski definition) is 5. The number of carboxylic acid groups (broad SMARTS) is 1. The van der Waals surface area contributed by atoms with Crippen LogP contribution in [0.3, 0.4) is 0 Å². The topological polar surface area (TPSA) is 135 Å². The SMILES string of the molecule is CN(CC(=O)N[C@@H](Cc1c[nH]c2ccccc12)C(=O)O)C(=N)N. The third-order valence-electron chi connectivity index (χ3n) is 3.52. The number of H-pyrrole nitrogens is 1. The Bertz CT molecular complexity index is 740. The Labute approximate surface area is 132 Å². The minimum Gasteiger partial charge on any atom is -0.480 e. The fourth-order valence-corrected chi connectivity index (χ4v) is 2.26. The molecule has 2 rings (SSSR count). The second-order valence-electron chi connectivity index (χ2n) is 5.26.